The van der Waals surface area contributed by atoms with Crippen molar-refractivity contribution in [1.82, 2.24) is 5.32 Å². The average molecular weight is 379 g/mol. The van der Waals surface area contributed by atoms with Crippen molar-refractivity contribution in [2.45, 2.75) is 18.6 Å². The Hall–Kier alpha value is -3.00. The molecule has 0 aromatic heterocycles. The van der Waals surface area contributed by atoms with Crippen LogP contribution >= 0.6 is 0 Å². The van der Waals surface area contributed by atoms with Crippen LogP contribution in [0, 0.1) is 11.6 Å². The van der Waals surface area contributed by atoms with Crippen LogP contribution in [0.3, 0.4) is 0 Å². The highest BCUT2D eigenvalue weighted by Crippen LogP contribution is 2.21. The molecule has 27 heavy (non-hydrogen) atoms. The second kappa shape index (κ2) is 8.59. The van der Waals surface area contributed by atoms with Crippen molar-refractivity contribution in [2.75, 3.05) is 13.7 Å². The van der Waals surface area contributed by atoms with Crippen LogP contribution in [0.4, 0.5) is 8.78 Å². The minimum absolute atomic E-state index is 0.176. The minimum atomic E-state index is -1.95. The predicted octanol–water partition coefficient (Wildman–Crippen LogP) is 1.91. The Morgan fingerprint density at radius 3 is 2.11 bits per heavy atom. The molecule has 0 fully saturated rings. The minimum Gasteiger partial charge on any atom is -0.477 e. The normalized spacial score (nSPS) is 14.0. The van der Waals surface area contributed by atoms with E-state index < -0.39 is 35.2 Å². The van der Waals surface area contributed by atoms with E-state index in [-0.39, 0.29) is 17.9 Å². The number of rotatable bonds is 7. The molecular formula is C19H19F2NO5. The van der Waals surface area contributed by atoms with Crippen LogP contribution in [-0.2, 0) is 19.9 Å². The Kier molecular flexibility index (Phi) is 6.46. The van der Waals surface area contributed by atoms with E-state index in [0.29, 0.717) is 0 Å². The summed E-state index contributed by atoms with van der Waals surface area (Å²) in [6.45, 7) is 0.934. The maximum Gasteiger partial charge on any atom is 0.348 e. The van der Waals surface area contributed by atoms with Gasteiger partial charge in [0.15, 0.2) is 5.60 Å². The third-order valence-electron chi connectivity index (χ3n) is 3.85. The van der Waals surface area contributed by atoms with Gasteiger partial charge in [0.1, 0.15) is 17.4 Å². The van der Waals surface area contributed by atoms with E-state index in [2.05, 4.69) is 10.1 Å². The zero-order valence-electron chi connectivity index (χ0n) is 14.7. The summed E-state index contributed by atoms with van der Waals surface area (Å²) in [4.78, 5) is 24.2. The van der Waals surface area contributed by atoms with Crippen LogP contribution in [0.5, 0.6) is 5.75 Å². The molecule has 2 unspecified atom stereocenters. The van der Waals surface area contributed by atoms with Crippen molar-refractivity contribution < 1.29 is 33.0 Å². The SMILES string of the molecule is COC(=O)C(CNC(=O)C(C)(O)c1ccc(F)cc1)Oc1ccc(F)cc1. The molecule has 0 spiro atoms. The van der Waals surface area contributed by atoms with Gasteiger partial charge in [0, 0.05) is 0 Å². The van der Waals surface area contributed by atoms with Crippen molar-refractivity contribution in [1.29, 1.82) is 0 Å². The molecule has 0 aliphatic carbocycles. The summed E-state index contributed by atoms with van der Waals surface area (Å²) in [5.74, 6) is -2.35. The fourth-order valence-corrected chi connectivity index (χ4v) is 2.25. The monoisotopic (exact) mass is 379 g/mol. The van der Waals surface area contributed by atoms with Crippen molar-refractivity contribution in [3.8, 4) is 5.75 Å². The lowest BCUT2D eigenvalue weighted by Crippen LogP contribution is -2.47. The van der Waals surface area contributed by atoms with Gasteiger partial charge in [-0.1, -0.05) is 12.1 Å². The maximum atomic E-state index is 13.0. The lowest BCUT2D eigenvalue weighted by Gasteiger charge is -2.24. The Bertz CT molecular complexity index is 791. The summed E-state index contributed by atoms with van der Waals surface area (Å²) in [6, 6.07) is 9.74. The highest BCUT2D eigenvalue weighted by molar-refractivity contribution is 5.86. The van der Waals surface area contributed by atoms with Crippen molar-refractivity contribution >= 4 is 11.9 Å². The highest BCUT2D eigenvalue weighted by Gasteiger charge is 2.33. The number of amides is 1. The van der Waals surface area contributed by atoms with Gasteiger partial charge in [-0.3, -0.25) is 4.79 Å². The summed E-state index contributed by atoms with van der Waals surface area (Å²) in [5.41, 5.74) is -1.78. The molecule has 0 aliphatic heterocycles. The summed E-state index contributed by atoms with van der Waals surface area (Å²) in [6.07, 6.45) is -1.21. The number of hydrogen-bond donors (Lipinski definition) is 2. The van der Waals surface area contributed by atoms with Crippen molar-refractivity contribution in [2.24, 2.45) is 0 Å². The van der Waals surface area contributed by atoms with Gasteiger partial charge in [-0.2, -0.15) is 0 Å². The van der Waals surface area contributed by atoms with E-state index in [9.17, 15) is 23.5 Å². The molecule has 2 atom stereocenters. The topological polar surface area (TPSA) is 84.9 Å². The number of nitrogens with one attached hydrogen (secondary N) is 1. The number of hydrogen-bond acceptors (Lipinski definition) is 5. The third-order valence-corrected chi connectivity index (χ3v) is 3.85. The molecular weight excluding hydrogens is 360 g/mol. The molecule has 0 radical (unpaired) electrons. The quantitative estimate of drug-likeness (QED) is 0.718. The van der Waals surface area contributed by atoms with Gasteiger partial charge in [-0.15, -0.1) is 0 Å². The first-order valence-corrected chi connectivity index (χ1v) is 8.01. The van der Waals surface area contributed by atoms with Crippen LogP contribution < -0.4 is 10.1 Å². The summed E-state index contributed by atoms with van der Waals surface area (Å²) in [5, 5.41) is 12.8. The predicted molar refractivity (Wildman–Crippen MR) is 91.8 cm³/mol. The van der Waals surface area contributed by atoms with Crippen LogP contribution in [0.1, 0.15) is 12.5 Å². The first kappa shape index (κ1) is 20.3. The Morgan fingerprint density at radius 1 is 1.07 bits per heavy atom. The molecule has 0 saturated heterocycles. The van der Waals surface area contributed by atoms with E-state index in [1.54, 1.807) is 0 Å². The molecule has 0 bridgehead atoms. The Morgan fingerprint density at radius 2 is 1.59 bits per heavy atom. The number of halogens is 2. The first-order valence-electron chi connectivity index (χ1n) is 8.01. The molecule has 2 aromatic rings. The largest absolute Gasteiger partial charge is 0.477 e. The number of carbonyl (C=O) groups is 2. The molecule has 6 nitrogen and oxygen atoms in total. The van der Waals surface area contributed by atoms with Gasteiger partial charge in [0.2, 0.25) is 6.10 Å². The zero-order valence-corrected chi connectivity index (χ0v) is 14.7. The van der Waals surface area contributed by atoms with Crippen LogP contribution in [0.15, 0.2) is 48.5 Å². The molecule has 2 N–H and O–H groups in total. The molecule has 0 saturated carbocycles. The van der Waals surface area contributed by atoms with Gasteiger partial charge in [0.25, 0.3) is 5.91 Å². The third kappa shape index (κ3) is 5.24. The number of benzene rings is 2. The number of ether oxygens (including phenoxy) is 2. The van der Waals surface area contributed by atoms with Gasteiger partial charge in [-0.25, -0.2) is 13.6 Å². The molecule has 0 aliphatic rings. The van der Waals surface area contributed by atoms with Gasteiger partial charge in [0.05, 0.1) is 13.7 Å². The van der Waals surface area contributed by atoms with E-state index in [4.69, 9.17) is 4.74 Å². The molecule has 2 rings (SSSR count). The summed E-state index contributed by atoms with van der Waals surface area (Å²) in [7, 11) is 1.15. The van der Waals surface area contributed by atoms with Crippen LogP contribution in [0.2, 0.25) is 0 Å². The highest BCUT2D eigenvalue weighted by atomic mass is 19.1. The van der Waals surface area contributed by atoms with Crippen LogP contribution in [0.25, 0.3) is 0 Å². The molecule has 8 heteroatoms. The van der Waals surface area contributed by atoms with Gasteiger partial charge in [-0.05, 0) is 48.9 Å². The smallest absolute Gasteiger partial charge is 0.348 e. The fourth-order valence-electron chi connectivity index (χ4n) is 2.25. The summed E-state index contributed by atoms with van der Waals surface area (Å²) < 4.78 is 36.0. The summed E-state index contributed by atoms with van der Waals surface area (Å²) >= 11 is 0. The van der Waals surface area contributed by atoms with Crippen molar-refractivity contribution in [3.05, 3.63) is 65.7 Å². The first-order chi connectivity index (χ1) is 12.7. The molecule has 144 valence electrons. The van der Waals surface area contributed by atoms with E-state index >= 15 is 0 Å². The standard InChI is InChI=1S/C19H19F2NO5/c1-19(25,12-3-5-13(20)6-4-12)18(24)22-11-16(17(23)26-2)27-15-9-7-14(21)8-10-15/h3-10,16,25H,11H2,1-2H3,(H,22,24). The Balaban J connectivity index is 2.06. The number of aliphatic hydroxyl groups is 1. The maximum absolute atomic E-state index is 13.0. The van der Waals surface area contributed by atoms with Gasteiger partial charge >= 0.3 is 5.97 Å². The molecule has 0 heterocycles. The number of esters is 1. The average Bonchev–Trinajstić information content (AvgIpc) is 2.66. The van der Waals surface area contributed by atoms with Gasteiger partial charge < -0.3 is 19.9 Å². The lowest BCUT2D eigenvalue weighted by atomic mass is 9.95. The second-order valence-electron chi connectivity index (χ2n) is 5.87. The number of carbonyl (C=O) groups excluding carboxylic acids is 2. The zero-order chi connectivity index (χ0) is 20.0. The van der Waals surface area contributed by atoms with E-state index in [0.717, 1.165) is 31.4 Å². The molecule has 1 amide bonds. The second-order valence-corrected chi connectivity index (χ2v) is 5.87. The van der Waals surface area contributed by atoms with E-state index in [1.165, 1.54) is 31.2 Å². The van der Waals surface area contributed by atoms with Crippen LogP contribution in [-0.4, -0.2) is 36.7 Å². The Labute approximate surface area is 154 Å². The van der Waals surface area contributed by atoms with E-state index in [1.807, 2.05) is 0 Å². The van der Waals surface area contributed by atoms with Crippen molar-refractivity contribution in [3.63, 3.8) is 0 Å². The lowest BCUT2D eigenvalue weighted by molar-refractivity contribution is -0.149. The number of methoxy groups -OCH3 is 1. The fraction of sp³-hybridized carbons (Fsp3) is 0.263. The molecule has 2 aromatic carbocycles.